The zero-order valence-electron chi connectivity index (χ0n) is 22.1. The zero-order valence-corrected chi connectivity index (χ0v) is 22.1. The standard InChI is InChI=1S/C28H28F6N2O5/c1-3-9-20-23(15-14-21(24(20)35)26(27(29,30)31,28(32,33)34)40-17-38-2)41-22-13-8-7-10-18(22)16-39-25(37)36-19-11-5-4-6-12-19/h4-8,10-15H,3,9,16-17,35H2,1-2H3,(H,36,37). The molecule has 0 aromatic heterocycles. The fourth-order valence-electron chi connectivity index (χ4n) is 4.07. The van der Waals surface area contributed by atoms with Crippen molar-refractivity contribution >= 4 is 17.5 Å². The van der Waals surface area contributed by atoms with Gasteiger partial charge in [-0.2, -0.15) is 26.3 Å². The van der Waals surface area contributed by atoms with Crippen LogP contribution in [-0.4, -0.2) is 32.3 Å². The molecular formula is C28H28F6N2O5. The predicted octanol–water partition coefficient (Wildman–Crippen LogP) is 7.70. The Morgan fingerprint density at radius 3 is 2.12 bits per heavy atom. The Labute approximate surface area is 232 Å². The van der Waals surface area contributed by atoms with Crippen molar-refractivity contribution in [1.82, 2.24) is 0 Å². The van der Waals surface area contributed by atoms with Crippen LogP contribution < -0.4 is 15.8 Å². The summed E-state index contributed by atoms with van der Waals surface area (Å²) in [6.45, 7) is 0.123. The van der Waals surface area contributed by atoms with Gasteiger partial charge in [0.15, 0.2) is 0 Å². The average Bonchev–Trinajstić information content (AvgIpc) is 2.90. The van der Waals surface area contributed by atoms with Crippen LogP contribution in [0.25, 0.3) is 0 Å². The summed E-state index contributed by atoms with van der Waals surface area (Å²) < 4.78 is 105. The van der Waals surface area contributed by atoms with Gasteiger partial charge in [0.25, 0.3) is 5.60 Å². The number of carbonyl (C=O) groups is 1. The van der Waals surface area contributed by atoms with Crippen LogP contribution in [0.1, 0.15) is 30.0 Å². The lowest BCUT2D eigenvalue weighted by molar-refractivity contribution is -0.400. The van der Waals surface area contributed by atoms with E-state index >= 15 is 0 Å². The van der Waals surface area contributed by atoms with Gasteiger partial charge in [-0.25, -0.2) is 4.79 Å². The number of rotatable bonds is 11. The summed E-state index contributed by atoms with van der Waals surface area (Å²) in [7, 11) is 0.896. The number of hydrogen-bond donors (Lipinski definition) is 2. The molecule has 0 bridgehead atoms. The molecule has 3 rings (SSSR count). The maximum absolute atomic E-state index is 14.1. The molecule has 1 amide bonds. The van der Waals surface area contributed by atoms with E-state index in [9.17, 15) is 31.1 Å². The number of alkyl halides is 6. The van der Waals surface area contributed by atoms with E-state index in [1.165, 1.54) is 6.07 Å². The highest BCUT2D eigenvalue weighted by Gasteiger charge is 2.74. The molecule has 0 aliphatic heterocycles. The Morgan fingerprint density at radius 2 is 1.51 bits per heavy atom. The Kier molecular flexibility index (Phi) is 10.1. The lowest BCUT2D eigenvalue weighted by Crippen LogP contribution is -2.56. The SMILES string of the molecule is CCCc1c(Oc2ccccc2COC(=O)Nc2ccccc2)ccc(C(OCOC)(C(F)(F)F)C(F)(F)F)c1N. The van der Waals surface area contributed by atoms with Gasteiger partial charge in [0.05, 0.1) is 0 Å². The normalized spacial score (nSPS) is 12.2. The number of nitrogens with two attached hydrogens (primary N) is 1. The molecule has 222 valence electrons. The highest BCUT2D eigenvalue weighted by Crippen LogP contribution is 2.55. The highest BCUT2D eigenvalue weighted by molar-refractivity contribution is 5.84. The quantitative estimate of drug-likeness (QED) is 0.136. The van der Waals surface area contributed by atoms with Gasteiger partial charge in [-0.05, 0) is 36.8 Å². The number of nitrogen functional groups attached to an aromatic ring is 1. The Balaban J connectivity index is 1.97. The predicted molar refractivity (Wildman–Crippen MR) is 138 cm³/mol. The molecule has 0 spiro atoms. The summed E-state index contributed by atoms with van der Waals surface area (Å²) in [6, 6.07) is 16.4. The molecule has 3 aromatic carbocycles. The monoisotopic (exact) mass is 586 g/mol. The summed E-state index contributed by atoms with van der Waals surface area (Å²) >= 11 is 0. The molecule has 0 saturated heterocycles. The van der Waals surface area contributed by atoms with Crippen molar-refractivity contribution < 1.29 is 50.1 Å². The second kappa shape index (κ2) is 13.1. The van der Waals surface area contributed by atoms with Crippen LogP contribution in [0, 0.1) is 0 Å². The third kappa shape index (κ3) is 7.03. The van der Waals surface area contributed by atoms with Crippen LogP contribution in [0.2, 0.25) is 0 Å². The van der Waals surface area contributed by atoms with Gasteiger partial charge >= 0.3 is 18.4 Å². The molecule has 0 aliphatic rings. The Hall–Kier alpha value is -3.97. The van der Waals surface area contributed by atoms with E-state index in [0.717, 1.165) is 13.2 Å². The summed E-state index contributed by atoms with van der Waals surface area (Å²) in [6.07, 6.45) is -12.3. The van der Waals surface area contributed by atoms with E-state index in [0.29, 0.717) is 23.7 Å². The Bertz CT molecular complexity index is 1300. The molecule has 13 heteroatoms. The molecule has 0 aliphatic carbocycles. The first-order valence-corrected chi connectivity index (χ1v) is 12.3. The largest absolute Gasteiger partial charge is 0.457 e. The minimum absolute atomic E-state index is 0.0107. The van der Waals surface area contributed by atoms with Crippen molar-refractivity contribution in [3.8, 4) is 11.5 Å². The van der Waals surface area contributed by atoms with Crippen LogP contribution in [0.4, 0.5) is 42.5 Å². The smallest absolute Gasteiger partial charge is 0.431 e. The fraction of sp³-hybridized carbons (Fsp3) is 0.321. The molecule has 7 nitrogen and oxygen atoms in total. The molecule has 3 aromatic rings. The molecule has 0 saturated carbocycles. The van der Waals surface area contributed by atoms with E-state index in [1.54, 1.807) is 55.5 Å². The number of anilines is 2. The zero-order chi connectivity index (χ0) is 30.3. The van der Waals surface area contributed by atoms with Gasteiger partial charge < -0.3 is 24.7 Å². The van der Waals surface area contributed by atoms with E-state index in [2.05, 4.69) is 14.8 Å². The molecule has 3 N–H and O–H groups in total. The van der Waals surface area contributed by atoms with Crippen LogP contribution in [0.5, 0.6) is 11.5 Å². The van der Waals surface area contributed by atoms with Crippen molar-refractivity contribution in [3.05, 3.63) is 83.4 Å². The number of methoxy groups -OCH3 is 1. The third-order valence-electron chi connectivity index (χ3n) is 5.96. The van der Waals surface area contributed by atoms with Crippen LogP contribution in [-0.2, 0) is 32.8 Å². The van der Waals surface area contributed by atoms with Gasteiger partial charge in [-0.1, -0.05) is 49.7 Å². The first kappa shape index (κ1) is 31.6. The lowest BCUT2D eigenvalue weighted by Gasteiger charge is -2.38. The summed E-state index contributed by atoms with van der Waals surface area (Å²) in [5.41, 5.74) is -0.0629. The number of halogens is 6. The second-order valence-corrected chi connectivity index (χ2v) is 8.76. The number of benzene rings is 3. The van der Waals surface area contributed by atoms with E-state index in [4.69, 9.17) is 15.2 Å². The number of hydrogen-bond acceptors (Lipinski definition) is 6. The fourth-order valence-corrected chi connectivity index (χ4v) is 4.07. The molecule has 0 unspecified atom stereocenters. The second-order valence-electron chi connectivity index (χ2n) is 8.76. The summed E-state index contributed by atoms with van der Waals surface area (Å²) in [5.74, 6) is 0.0809. The summed E-state index contributed by atoms with van der Waals surface area (Å²) in [4.78, 5) is 12.2. The lowest BCUT2D eigenvalue weighted by atomic mass is 9.87. The van der Waals surface area contributed by atoms with Crippen molar-refractivity contribution in [3.63, 3.8) is 0 Å². The van der Waals surface area contributed by atoms with Gasteiger partial charge in [-0.3, -0.25) is 5.32 Å². The maximum Gasteiger partial charge on any atom is 0.431 e. The van der Waals surface area contributed by atoms with Crippen molar-refractivity contribution in [1.29, 1.82) is 0 Å². The number of para-hydroxylation sites is 2. The summed E-state index contributed by atoms with van der Waals surface area (Å²) in [5, 5.41) is 2.55. The molecule has 0 fully saturated rings. The molecule has 0 heterocycles. The first-order chi connectivity index (χ1) is 19.4. The number of ether oxygens (including phenoxy) is 4. The van der Waals surface area contributed by atoms with Crippen LogP contribution >= 0.6 is 0 Å². The van der Waals surface area contributed by atoms with Crippen molar-refractivity contribution in [2.75, 3.05) is 25.0 Å². The van der Waals surface area contributed by atoms with E-state index in [-0.39, 0.29) is 30.1 Å². The topological polar surface area (TPSA) is 92.0 Å². The van der Waals surface area contributed by atoms with Gasteiger partial charge in [0.2, 0.25) is 0 Å². The van der Waals surface area contributed by atoms with Gasteiger partial charge in [0, 0.05) is 35.2 Å². The minimum Gasteiger partial charge on any atom is -0.457 e. The molecular weight excluding hydrogens is 558 g/mol. The van der Waals surface area contributed by atoms with Crippen molar-refractivity contribution in [2.45, 2.75) is 44.3 Å². The number of carbonyl (C=O) groups excluding carboxylic acids is 1. The number of amides is 1. The highest BCUT2D eigenvalue weighted by atomic mass is 19.4. The maximum atomic E-state index is 14.1. The third-order valence-corrected chi connectivity index (χ3v) is 5.96. The van der Waals surface area contributed by atoms with Gasteiger partial charge in [-0.15, -0.1) is 0 Å². The molecule has 0 radical (unpaired) electrons. The number of nitrogens with one attached hydrogen (secondary N) is 1. The first-order valence-electron chi connectivity index (χ1n) is 12.3. The van der Waals surface area contributed by atoms with E-state index in [1.807, 2.05) is 0 Å². The van der Waals surface area contributed by atoms with Crippen LogP contribution in [0.15, 0.2) is 66.7 Å². The Morgan fingerprint density at radius 1 is 0.878 bits per heavy atom. The van der Waals surface area contributed by atoms with Crippen LogP contribution in [0.3, 0.4) is 0 Å². The molecule has 0 atom stereocenters. The van der Waals surface area contributed by atoms with E-state index < -0.39 is 42.1 Å². The van der Waals surface area contributed by atoms with Gasteiger partial charge in [0.1, 0.15) is 24.9 Å². The molecule has 41 heavy (non-hydrogen) atoms. The average molecular weight is 587 g/mol. The minimum atomic E-state index is -5.94. The van der Waals surface area contributed by atoms with Crippen molar-refractivity contribution in [2.24, 2.45) is 0 Å².